The molecule has 0 saturated carbocycles. The van der Waals surface area contributed by atoms with Crippen molar-refractivity contribution in [3.05, 3.63) is 82.9 Å². The monoisotopic (exact) mass is 513 g/mol. The van der Waals surface area contributed by atoms with Crippen LogP contribution in [0.4, 0.5) is 19.1 Å². The first-order valence-corrected chi connectivity index (χ1v) is 11.6. The summed E-state index contributed by atoms with van der Waals surface area (Å²) in [5.74, 6) is 1.13. The molecule has 4 aromatic rings. The number of hydrogen-bond acceptors (Lipinski definition) is 6. The van der Waals surface area contributed by atoms with Crippen molar-refractivity contribution < 1.29 is 22.6 Å². The summed E-state index contributed by atoms with van der Waals surface area (Å²) in [7, 11) is 1.61. The van der Waals surface area contributed by atoms with Crippen molar-refractivity contribution >= 4 is 5.95 Å². The van der Waals surface area contributed by atoms with Gasteiger partial charge in [-0.1, -0.05) is 19.1 Å². The summed E-state index contributed by atoms with van der Waals surface area (Å²) in [4.78, 5) is 17.8. The molecule has 0 saturated heterocycles. The van der Waals surface area contributed by atoms with Crippen molar-refractivity contribution in [3.63, 3.8) is 0 Å². The van der Waals surface area contributed by atoms with Gasteiger partial charge in [-0.2, -0.15) is 18.3 Å². The van der Waals surface area contributed by atoms with Gasteiger partial charge in [-0.3, -0.25) is 9.48 Å². The van der Waals surface area contributed by atoms with Crippen LogP contribution in [0.3, 0.4) is 0 Å². The minimum atomic E-state index is -4.44. The van der Waals surface area contributed by atoms with E-state index < -0.39 is 12.8 Å². The fourth-order valence-electron chi connectivity index (χ4n) is 3.59. The second-order valence-corrected chi connectivity index (χ2v) is 8.24. The molecule has 0 aliphatic rings. The van der Waals surface area contributed by atoms with Crippen molar-refractivity contribution in [1.82, 2.24) is 19.3 Å². The lowest BCUT2D eigenvalue weighted by molar-refractivity contribution is -0.153. The van der Waals surface area contributed by atoms with Crippen molar-refractivity contribution in [3.8, 4) is 28.4 Å². The summed E-state index contributed by atoms with van der Waals surface area (Å²) in [5.41, 5.74) is 2.25. The third kappa shape index (κ3) is 6.69. The number of nitrogens with zero attached hydrogens (tertiary/aromatic N) is 4. The molecule has 2 heterocycles. The van der Waals surface area contributed by atoms with Gasteiger partial charge in [0.25, 0.3) is 5.56 Å². The summed E-state index contributed by atoms with van der Waals surface area (Å²) in [6.45, 7) is 1.69. The second-order valence-electron chi connectivity index (χ2n) is 8.24. The van der Waals surface area contributed by atoms with Crippen LogP contribution >= 0.6 is 0 Å². The summed E-state index contributed by atoms with van der Waals surface area (Å²) >= 11 is 0. The van der Waals surface area contributed by atoms with Crippen LogP contribution in [0.1, 0.15) is 18.9 Å². The van der Waals surface area contributed by atoms with E-state index in [1.807, 2.05) is 37.4 Å². The first kappa shape index (κ1) is 25.8. The zero-order chi connectivity index (χ0) is 26.4. The van der Waals surface area contributed by atoms with E-state index in [4.69, 9.17) is 9.47 Å². The molecule has 0 spiro atoms. The standard InChI is InChI=1S/C26H26F3N5O3/c1-3-12-30-25-32-23(19-14-31-33(16-19)15-18-4-8-21(36-2)9-5-18)13-24(35)34(25)20-6-10-22(11-7-20)37-17-26(27,28)29/h4-11,13-14,16H,3,12,15,17H2,1-2H3,(H,30,32). The van der Waals surface area contributed by atoms with Gasteiger partial charge in [0.05, 0.1) is 31.2 Å². The Balaban J connectivity index is 1.59. The number of alkyl halides is 3. The van der Waals surface area contributed by atoms with Crippen molar-refractivity contribution in [2.45, 2.75) is 26.1 Å². The number of aromatic nitrogens is 4. The molecule has 4 rings (SSSR count). The topological polar surface area (TPSA) is 83.2 Å². The number of hydrogen-bond donors (Lipinski definition) is 1. The normalized spacial score (nSPS) is 11.4. The third-order valence-corrected chi connectivity index (χ3v) is 5.38. The highest BCUT2D eigenvalue weighted by Crippen LogP contribution is 2.23. The number of rotatable bonds is 10. The molecule has 0 aliphatic carbocycles. The van der Waals surface area contributed by atoms with Gasteiger partial charge in [0.2, 0.25) is 5.95 Å². The van der Waals surface area contributed by atoms with E-state index in [0.29, 0.717) is 36.0 Å². The van der Waals surface area contributed by atoms with Gasteiger partial charge in [-0.25, -0.2) is 9.55 Å². The Labute approximate surface area is 211 Å². The van der Waals surface area contributed by atoms with Crippen LogP contribution in [0.15, 0.2) is 71.8 Å². The Morgan fingerprint density at radius 1 is 1.03 bits per heavy atom. The van der Waals surface area contributed by atoms with E-state index in [9.17, 15) is 18.0 Å². The average Bonchev–Trinajstić information content (AvgIpc) is 3.35. The maximum absolute atomic E-state index is 13.2. The van der Waals surface area contributed by atoms with E-state index in [0.717, 1.165) is 17.7 Å². The molecule has 8 nitrogen and oxygen atoms in total. The minimum Gasteiger partial charge on any atom is -0.497 e. The molecule has 37 heavy (non-hydrogen) atoms. The predicted octanol–water partition coefficient (Wildman–Crippen LogP) is 4.92. The Kier molecular flexibility index (Phi) is 7.80. The van der Waals surface area contributed by atoms with Crippen LogP contribution in [0, 0.1) is 0 Å². The summed E-state index contributed by atoms with van der Waals surface area (Å²) in [5, 5.41) is 7.56. The average molecular weight is 514 g/mol. The molecule has 0 bridgehead atoms. The molecule has 2 aromatic carbocycles. The number of halogens is 3. The van der Waals surface area contributed by atoms with Gasteiger partial charge in [-0.05, 0) is 48.4 Å². The predicted molar refractivity (Wildman–Crippen MR) is 133 cm³/mol. The first-order chi connectivity index (χ1) is 17.8. The van der Waals surface area contributed by atoms with Crippen molar-refractivity contribution in [2.75, 3.05) is 25.6 Å². The van der Waals surface area contributed by atoms with Crippen molar-refractivity contribution in [1.29, 1.82) is 0 Å². The number of ether oxygens (including phenoxy) is 2. The summed E-state index contributed by atoms with van der Waals surface area (Å²) in [6, 6.07) is 14.8. The Morgan fingerprint density at radius 3 is 2.38 bits per heavy atom. The SMILES string of the molecule is CCCNc1nc(-c2cnn(Cc3ccc(OC)cc3)c2)cc(=O)n1-c1ccc(OCC(F)(F)F)cc1. The smallest absolute Gasteiger partial charge is 0.422 e. The highest BCUT2D eigenvalue weighted by atomic mass is 19.4. The molecular weight excluding hydrogens is 487 g/mol. The maximum Gasteiger partial charge on any atom is 0.422 e. The molecule has 0 amide bonds. The van der Waals surface area contributed by atoms with Gasteiger partial charge in [-0.15, -0.1) is 0 Å². The fourth-order valence-corrected chi connectivity index (χ4v) is 3.59. The lowest BCUT2D eigenvalue weighted by Gasteiger charge is -2.15. The quantitative estimate of drug-likeness (QED) is 0.324. The molecule has 0 atom stereocenters. The maximum atomic E-state index is 13.2. The molecule has 0 radical (unpaired) electrons. The molecule has 1 N–H and O–H groups in total. The molecular formula is C26H26F3N5O3. The molecule has 0 unspecified atom stereocenters. The van der Waals surface area contributed by atoms with Crippen LogP contribution < -0.4 is 20.3 Å². The number of methoxy groups -OCH3 is 1. The molecule has 11 heteroatoms. The molecule has 0 fully saturated rings. The number of nitrogens with one attached hydrogen (secondary N) is 1. The van der Waals surface area contributed by atoms with Crippen molar-refractivity contribution in [2.24, 2.45) is 0 Å². The van der Waals surface area contributed by atoms with E-state index in [2.05, 4.69) is 15.4 Å². The van der Waals surface area contributed by atoms with Crippen LogP contribution in [0.5, 0.6) is 11.5 Å². The zero-order valence-electron chi connectivity index (χ0n) is 20.3. The molecule has 0 aliphatic heterocycles. The van der Waals surface area contributed by atoms with Crippen LogP contribution in [0.25, 0.3) is 16.9 Å². The first-order valence-electron chi connectivity index (χ1n) is 11.6. The lowest BCUT2D eigenvalue weighted by atomic mass is 10.2. The van der Waals surface area contributed by atoms with E-state index in [1.54, 1.807) is 18.0 Å². The van der Waals surface area contributed by atoms with Gasteiger partial charge in [0, 0.05) is 24.4 Å². The largest absolute Gasteiger partial charge is 0.497 e. The minimum absolute atomic E-state index is 0.0473. The van der Waals surface area contributed by atoms with Gasteiger partial charge in [0.1, 0.15) is 11.5 Å². The summed E-state index contributed by atoms with van der Waals surface area (Å²) < 4.78 is 50.4. The van der Waals surface area contributed by atoms with E-state index in [1.165, 1.54) is 34.9 Å². The fraction of sp³-hybridized carbons (Fsp3) is 0.269. The molecule has 194 valence electrons. The van der Waals surface area contributed by atoms with Crippen LogP contribution in [0.2, 0.25) is 0 Å². The Morgan fingerprint density at radius 2 is 1.73 bits per heavy atom. The summed E-state index contributed by atoms with van der Waals surface area (Å²) in [6.07, 6.45) is -0.183. The van der Waals surface area contributed by atoms with Crippen LogP contribution in [-0.4, -0.2) is 45.8 Å². The Hall–Kier alpha value is -4.28. The highest BCUT2D eigenvalue weighted by Gasteiger charge is 2.28. The second kappa shape index (κ2) is 11.2. The number of benzene rings is 2. The third-order valence-electron chi connectivity index (χ3n) is 5.38. The van der Waals surface area contributed by atoms with E-state index >= 15 is 0 Å². The Bertz CT molecular complexity index is 1380. The zero-order valence-corrected chi connectivity index (χ0v) is 20.3. The van der Waals surface area contributed by atoms with Gasteiger partial charge < -0.3 is 14.8 Å². The molecule has 2 aromatic heterocycles. The number of anilines is 1. The van der Waals surface area contributed by atoms with Gasteiger partial charge >= 0.3 is 6.18 Å². The van der Waals surface area contributed by atoms with Gasteiger partial charge in [0.15, 0.2) is 6.61 Å². The highest BCUT2D eigenvalue weighted by molar-refractivity contribution is 5.59. The van der Waals surface area contributed by atoms with E-state index in [-0.39, 0.29) is 11.3 Å². The van der Waals surface area contributed by atoms with Crippen LogP contribution in [-0.2, 0) is 6.54 Å². The lowest BCUT2D eigenvalue weighted by Crippen LogP contribution is -2.23.